The van der Waals surface area contributed by atoms with E-state index in [-0.39, 0.29) is 0 Å². The molecule has 4 aromatic rings. The Labute approximate surface area is 185 Å². The zero-order chi connectivity index (χ0) is 21.2. The van der Waals surface area contributed by atoms with Gasteiger partial charge in [0.1, 0.15) is 11.7 Å². The monoisotopic (exact) mass is 407 g/mol. The van der Waals surface area contributed by atoms with Gasteiger partial charge < -0.3 is 0 Å². The summed E-state index contributed by atoms with van der Waals surface area (Å²) in [5.74, 6) is 1.30. The highest BCUT2D eigenvalue weighted by molar-refractivity contribution is 5.66. The van der Waals surface area contributed by atoms with Gasteiger partial charge in [0.15, 0.2) is 11.4 Å². The summed E-state index contributed by atoms with van der Waals surface area (Å²) >= 11 is 0. The number of aryl methyl sites for hydroxylation is 1. The van der Waals surface area contributed by atoms with Gasteiger partial charge in [-0.05, 0) is 56.4 Å². The highest BCUT2D eigenvalue weighted by Crippen LogP contribution is 2.36. The van der Waals surface area contributed by atoms with Gasteiger partial charge >= 0.3 is 0 Å². The van der Waals surface area contributed by atoms with Gasteiger partial charge in [-0.15, -0.1) is 0 Å². The van der Waals surface area contributed by atoms with Gasteiger partial charge in [-0.3, -0.25) is 0 Å². The number of hydrogen-bond donors (Lipinski definition) is 0. The maximum atomic E-state index is 2.67. The first-order valence-electron chi connectivity index (χ1n) is 11.6. The standard InChI is InChI=1S/C29H31N2/c1-22-14-12-13-21-27(22)30-23(2)28(24-15-6-3-7-16-24)31(26-19-10-5-11-20-26)29(30)25-17-8-4-9-18-25/h3-4,6-9,12-18,21,26H,5,10-11,19-20H2,1-2H3/q+1. The number of hydrogen-bond acceptors (Lipinski definition) is 0. The molecule has 1 fully saturated rings. The third-order valence-electron chi connectivity index (χ3n) is 6.73. The van der Waals surface area contributed by atoms with E-state index in [1.54, 1.807) is 0 Å². The smallest absolute Gasteiger partial charge is 0.220 e. The van der Waals surface area contributed by atoms with Crippen molar-refractivity contribution in [2.45, 2.75) is 52.0 Å². The maximum Gasteiger partial charge on any atom is 0.295 e. The van der Waals surface area contributed by atoms with Crippen LogP contribution >= 0.6 is 0 Å². The molecular formula is C29H31N2+. The number of aromatic nitrogens is 2. The van der Waals surface area contributed by atoms with E-state index in [0.29, 0.717) is 6.04 Å². The summed E-state index contributed by atoms with van der Waals surface area (Å²) in [7, 11) is 0. The molecule has 0 N–H and O–H groups in total. The lowest BCUT2D eigenvalue weighted by molar-refractivity contribution is -0.704. The Hall–Kier alpha value is -3.13. The Morgan fingerprint density at radius 1 is 0.677 bits per heavy atom. The SMILES string of the molecule is Cc1ccccc1-n1c(C)c(-c2ccccc2)[n+](C2CCCCC2)c1-c1ccccc1. The normalized spacial score (nSPS) is 14.6. The number of imidazole rings is 1. The van der Waals surface area contributed by atoms with Crippen molar-refractivity contribution in [1.82, 2.24) is 4.57 Å². The summed E-state index contributed by atoms with van der Waals surface area (Å²) < 4.78 is 5.17. The van der Waals surface area contributed by atoms with Gasteiger partial charge in [0.2, 0.25) is 0 Å². The van der Waals surface area contributed by atoms with Crippen molar-refractivity contribution in [3.63, 3.8) is 0 Å². The van der Waals surface area contributed by atoms with Crippen LogP contribution in [0.2, 0.25) is 0 Å². The Bertz CT molecular complexity index is 1170. The number of rotatable bonds is 4. The molecule has 2 nitrogen and oxygen atoms in total. The lowest BCUT2D eigenvalue weighted by Gasteiger charge is -2.22. The number of nitrogens with zero attached hydrogens (tertiary/aromatic N) is 2. The van der Waals surface area contributed by atoms with Crippen LogP contribution in [0.5, 0.6) is 0 Å². The van der Waals surface area contributed by atoms with Gasteiger partial charge in [-0.2, -0.15) is 4.57 Å². The van der Waals surface area contributed by atoms with Gasteiger partial charge in [-0.25, -0.2) is 4.57 Å². The molecule has 1 aliphatic carbocycles. The molecule has 2 heteroatoms. The Kier molecular flexibility index (Phi) is 5.46. The number of benzene rings is 3. The zero-order valence-electron chi connectivity index (χ0n) is 18.6. The van der Waals surface area contributed by atoms with Crippen LogP contribution in [0.15, 0.2) is 84.9 Å². The molecule has 1 heterocycles. The van der Waals surface area contributed by atoms with Crippen LogP contribution in [-0.4, -0.2) is 4.57 Å². The average Bonchev–Trinajstić information content (AvgIpc) is 3.14. The average molecular weight is 408 g/mol. The van der Waals surface area contributed by atoms with E-state index in [9.17, 15) is 0 Å². The van der Waals surface area contributed by atoms with E-state index in [4.69, 9.17) is 0 Å². The molecule has 1 saturated carbocycles. The maximum absolute atomic E-state index is 2.67. The molecule has 1 aromatic heterocycles. The van der Waals surface area contributed by atoms with E-state index in [1.807, 2.05) is 0 Å². The molecule has 0 amide bonds. The van der Waals surface area contributed by atoms with Crippen LogP contribution < -0.4 is 4.57 Å². The first kappa shape index (κ1) is 19.8. The second-order valence-corrected chi connectivity index (χ2v) is 8.77. The molecule has 0 atom stereocenters. The Balaban J connectivity index is 1.88. The van der Waals surface area contributed by atoms with Crippen LogP contribution in [0.25, 0.3) is 28.3 Å². The number of para-hydroxylation sites is 1. The first-order chi connectivity index (χ1) is 15.3. The topological polar surface area (TPSA) is 8.81 Å². The lowest BCUT2D eigenvalue weighted by atomic mass is 9.94. The first-order valence-corrected chi connectivity index (χ1v) is 11.6. The van der Waals surface area contributed by atoms with Gasteiger partial charge in [0.05, 0.1) is 5.56 Å². The zero-order valence-corrected chi connectivity index (χ0v) is 18.6. The molecular weight excluding hydrogens is 376 g/mol. The summed E-state index contributed by atoms with van der Waals surface area (Å²) in [5.41, 5.74) is 7.81. The van der Waals surface area contributed by atoms with E-state index in [0.717, 1.165) is 0 Å². The molecule has 0 spiro atoms. The minimum atomic E-state index is 0.531. The molecule has 0 unspecified atom stereocenters. The fourth-order valence-electron chi connectivity index (χ4n) is 5.26. The predicted octanol–water partition coefficient (Wildman–Crippen LogP) is 7.22. The molecule has 0 radical (unpaired) electrons. The van der Waals surface area contributed by atoms with Crippen molar-refractivity contribution in [3.8, 4) is 28.3 Å². The summed E-state index contributed by atoms with van der Waals surface area (Å²) in [6.45, 7) is 4.51. The van der Waals surface area contributed by atoms with Crippen molar-refractivity contribution < 1.29 is 4.57 Å². The van der Waals surface area contributed by atoms with Crippen LogP contribution in [-0.2, 0) is 0 Å². The predicted molar refractivity (Wildman–Crippen MR) is 128 cm³/mol. The third-order valence-corrected chi connectivity index (χ3v) is 6.73. The summed E-state index contributed by atoms with van der Waals surface area (Å²) in [6, 6.07) is 31.2. The second-order valence-electron chi connectivity index (χ2n) is 8.77. The lowest BCUT2D eigenvalue weighted by Crippen LogP contribution is -2.43. The third kappa shape index (κ3) is 3.61. The van der Waals surface area contributed by atoms with E-state index >= 15 is 0 Å². The van der Waals surface area contributed by atoms with Crippen molar-refractivity contribution >= 4 is 0 Å². The highest BCUT2D eigenvalue weighted by Gasteiger charge is 2.36. The summed E-state index contributed by atoms with van der Waals surface area (Å²) in [4.78, 5) is 0. The summed E-state index contributed by atoms with van der Waals surface area (Å²) in [5, 5.41) is 0. The molecule has 0 saturated heterocycles. The van der Waals surface area contributed by atoms with Gasteiger partial charge in [-0.1, -0.05) is 73.2 Å². The quantitative estimate of drug-likeness (QED) is 0.316. The molecule has 1 aliphatic rings. The van der Waals surface area contributed by atoms with Crippen LogP contribution in [0, 0.1) is 13.8 Å². The second kappa shape index (κ2) is 8.55. The molecule has 0 bridgehead atoms. The van der Waals surface area contributed by atoms with Crippen molar-refractivity contribution in [1.29, 1.82) is 0 Å². The highest BCUT2D eigenvalue weighted by atomic mass is 15.2. The molecule has 31 heavy (non-hydrogen) atoms. The van der Waals surface area contributed by atoms with Crippen molar-refractivity contribution in [2.24, 2.45) is 0 Å². The van der Waals surface area contributed by atoms with Crippen molar-refractivity contribution in [2.75, 3.05) is 0 Å². The summed E-state index contributed by atoms with van der Waals surface area (Å²) in [6.07, 6.45) is 6.49. The molecule has 0 aliphatic heterocycles. The van der Waals surface area contributed by atoms with Crippen LogP contribution in [0.1, 0.15) is 49.4 Å². The van der Waals surface area contributed by atoms with Crippen LogP contribution in [0.3, 0.4) is 0 Å². The molecule has 5 rings (SSSR count). The van der Waals surface area contributed by atoms with Crippen LogP contribution in [0.4, 0.5) is 0 Å². The fourth-order valence-corrected chi connectivity index (χ4v) is 5.26. The largest absolute Gasteiger partial charge is 0.295 e. The van der Waals surface area contributed by atoms with Gasteiger partial charge in [0.25, 0.3) is 5.82 Å². The molecule has 3 aromatic carbocycles. The van der Waals surface area contributed by atoms with Gasteiger partial charge in [0, 0.05) is 12.5 Å². The van der Waals surface area contributed by atoms with E-state index in [2.05, 4.69) is 108 Å². The minimum absolute atomic E-state index is 0.531. The Morgan fingerprint density at radius 3 is 1.90 bits per heavy atom. The molecule has 156 valence electrons. The fraction of sp³-hybridized carbons (Fsp3) is 0.276. The minimum Gasteiger partial charge on any atom is -0.220 e. The Morgan fingerprint density at radius 2 is 1.26 bits per heavy atom. The van der Waals surface area contributed by atoms with Crippen molar-refractivity contribution in [3.05, 3.63) is 96.2 Å². The van der Waals surface area contributed by atoms with E-state index < -0.39 is 0 Å². The van der Waals surface area contributed by atoms with E-state index in [1.165, 1.54) is 71.7 Å².